The molecule has 0 bridgehead atoms. The van der Waals surface area contributed by atoms with Crippen LogP contribution in [0.5, 0.6) is 0 Å². The molecule has 16 heavy (non-hydrogen) atoms. The third-order valence-electron chi connectivity index (χ3n) is 2.90. The highest BCUT2D eigenvalue weighted by Gasteiger charge is 2.07. The average molecular weight is 208 g/mol. The smallest absolute Gasteiger partial charge is 0.0109 e. The van der Waals surface area contributed by atoms with E-state index in [9.17, 15) is 0 Å². The van der Waals surface area contributed by atoms with Gasteiger partial charge in [-0.15, -0.1) is 0 Å². The van der Waals surface area contributed by atoms with Crippen molar-refractivity contribution in [3.8, 4) is 0 Å². The van der Waals surface area contributed by atoms with Gasteiger partial charge in [-0.2, -0.15) is 0 Å². The van der Waals surface area contributed by atoms with E-state index in [1.807, 2.05) is 12.2 Å². The highest BCUT2D eigenvalue weighted by atomic mass is 14.1. The first kappa shape index (κ1) is 10.7. The predicted molar refractivity (Wildman–Crippen MR) is 73.9 cm³/mol. The first-order valence-corrected chi connectivity index (χ1v) is 5.52. The summed E-state index contributed by atoms with van der Waals surface area (Å²) in [6.45, 7) is 9.90. The van der Waals surface area contributed by atoms with E-state index in [1.165, 1.54) is 22.3 Å². The fourth-order valence-corrected chi connectivity index (χ4v) is 2.07. The summed E-state index contributed by atoms with van der Waals surface area (Å²) in [5, 5.41) is 0. The molecule has 0 atom stereocenters. The predicted octanol–water partition coefficient (Wildman–Crippen LogP) is 4.79. The molecule has 0 N–H and O–H groups in total. The minimum atomic E-state index is 1.02. The molecule has 0 saturated heterocycles. The highest BCUT2D eigenvalue weighted by Crippen LogP contribution is 2.27. The van der Waals surface area contributed by atoms with Crippen molar-refractivity contribution in [2.45, 2.75) is 13.3 Å². The Morgan fingerprint density at radius 2 is 2.00 bits per heavy atom. The van der Waals surface area contributed by atoms with Crippen LogP contribution in [-0.4, -0.2) is 0 Å². The van der Waals surface area contributed by atoms with Crippen LogP contribution in [0.2, 0.25) is 0 Å². The number of hydrogen-bond donors (Lipinski definition) is 0. The zero-order valence-corrected chi connectivity index (χ0v) is 9.66. The van der Waals surface area contributed by atoms with Crippen LogP contribution in [0.25, 0.3) is 24.3 Å². The molecule has 0 aliphatic heterocycles. The molecule has 1 aromatic rings. The lowest BCUT2D eigenvalue weighted by Gasteiger charge is -2.09. The number of rotatable bonds is 2. The molecule has 0 amide bonds. The number of hydrogen-bond acceptors (Lipinski definition) is 0. The van der Waals surface area contributed by atoms with Gasteiger partial charge in [0.05, 0.1) is 0 Å². The van der Waals surface area contributed by atoms with E-state index in [4.69, 9.17) is 0 Å². The van der Waals surface area contributed by atoms with Crippen molar-refractivity contribution in [2.24, 2.45) is 0 Å². The Hall–Kier alpha value is -1.82. The fourth-order valence-electron chi connectivity index (χ4n) is 2.07. The summed E-state index contributed by atoms with van der Waals surface area (Å²) in [5.74, 6) is 0. The van der Waals surface area contributed by atoms with Gasteiger partial charge >= 0.3 is 0 Å². The summed E-state index contributed by atoms with van der Waals surface area (Å²) in [5.41, 5.74) is 6.23. The van der Waals surface area contributed by atoms with Crippen molar-refractivity contribution < 1.29 is 0 Å². The molecule has 1 aliphatic rings. The molecule has 1 aromatic carbocycles. The molecule has 0 aromatic heterocycles. The van der Waals surface area contributed by atoms with E-state index < -0.39 is 0 Å². The monoisotopic (exact) mass is 208 g/mol. The molecule has 0 radical (unpaired) electrons. The molecule has 0 heteroatoms. The van der Waals surface area contributed by atoms with Gasteiger partial charge in [0.25, 0.3) is 0 Å². The quantitative estimate of drug-likeness (QED) is 0.655. The van der Waals surface area contributed by atoms with E-state index in [0.717, 1.165) is 12.0 Å². The minimum Gasteiger partial charge on any atom is -0.0984 e. The molecule has 0 unspecified atom stereocenters. The molecular weight excluding hydrogens is 192 g/mol. The van der Waals surface area contributed by atoms with Crippen LogP contribution in [0.3, 0.4) is 0 Å². The molecule has 2 rings (SSSR count). The van der Waals surface area contributed by atoms with Crippen LogP contribution < -0.4 is 0 Å². The molecule has 0 heterocycles. The molecule has 0 saturated carbocycles. The summed E-state index contributed by atoms with van der Waals surface area (Å²) < 4.78 is 0. The lowest BCUT2D eigenvalue weighted by atomic mass is 9.95. The molecule has 1 aliphatic carbocycles. The molecule has 80 valence electrons. The Morgan fingerprint density at radius 1 is 1.19 bits per heavy atom. The fraction of sp³-hybridized carbons (Fsp3) is 0.125. The van der Waals surface area contributed by atoms with Gasteiger partial charge in [-0.25, -0.2) is 0 Å². The highest BCUT2D eigenvalue weighted by molar-refractivity contribution is 5.80. The minimum absolute atomic E-state index is 1.02. The molecular formula is C16H16. The van der Waals surface area contributed by atoms with E-state index in [0.29, 0.717) is 0 Å². The molecule has 0 fully saturated rings. The van der Waals surface area contributed by atoms with Gasteiger partial charge in [-0.1, -0.05) is 61.2 Å². The largest absolute Gasteiger partial charge is 0.0984 e. The normalized spacial score (nSPS) is 13.7. The van der Waals surface area contributed by atoms with Crippen molar-refractivity contribution in [1.82, 2.24) is 0 Å². The van der Waals surface area contributed by atoms with Crippen LogP contribution in [-0.2, 0) is 0 Å². The zero-order chi connectivity index (χ0) is 11.5. The Bertz CT molecular complexity index is 499. The SMILES string of the molecule is C=Cc1ccc2c(c1C=C)C=CCC(C)=C2. The van der Waals surface area contributed by atoms with Crippen molar-refractivity contribution in [1.29, 1.82) is 0 Å². The lowest BCUT2D eigenvalue weighted by Crippen LogP contribution is -1.90. The van der Waals surface area contributed by atoms with Gasteiger partial charge < -0.3 is 0 Å². The number of allylic oxidation sites excluding steroid dienone is 2. The summed E-state index contributed by atoms with van der Waals surface area (Å²) in [4.78, 5) is 0. The Labute approximate surface area is 97.3 Å². The summed E-state index contributed by atoms with van der Waals surface area (Å²) in [7, 11) is 0. The maximum absolute atomic E-state index is 3.89. The van der Waals surface area contributed by atoms with E-state index in [2.05, 4.69) is 50.4 Å². The summed E-state index contributed by atoms with van der Waals surface area (Å²) in [6.07, 6.45) is 11.5. The van der Waals surface area contributed by atoms with Gasteiger partial charge in [-0.05, 0) is 35.6 Å². The summed E-state index contributed by atoms with van der Waals surface area (Å²) >= 11 is 0. The second kappa shape index (κ2) is 4.36. The van der Waals surface area contributed by atoms with Crippen LogP contribution in [0.15, 0.2) is 36.9 Å². The van der Waals surface area contributed by atoms with Gasteiger partial charge in [-0.3, -0.25) is 0 Å². The van der Waals surface area contributed by atoms with Crippen molar-refractivity contribution in [3.05, 3.63) is 59.2 Å². The Kier molecular flexibility index (Phi) is 2.91. The first-order chi connectivity index (χ1) is 7.76. The maximum Gasteiger partial charge on any atom is -0.0109 e. The first-order valence-electron chi connectivity index (χ1n) is 5.52. The van der Waals surface area contributed by atoms with Crippen LogP contribution >= 0.6 is 0 Å². The van der Waals surface area contributed by atoms with Gasteiger partial charge in [0.2, 0.25) is 0 Å². The van der Waals surface area contributed by atoms with Crippen LogP contribution in [0, 0.1) is 0 Å². The maximum atomic E-state index is 3.89. The Morgan fingerprint density at radius 3 is 2.69 bits per heavy atom. The van der Waals surface area contributed by atoms with Crippen LogP contribution in [0.4, 0.5) is 0 Å². The van der Waals surface area contributed by atoms with Crippen molar-refractivity contribution >= 4 is 24.3 Å². The van der Waals surface area contributed by atoms with E-state index >= 15 is 0 Å². The zero-order valence-electron chi connectivity index (χ0n) is 9.66. The third-order valence-corrected chi connectivity index (χ3v) is 2.90. The van der Waals surface area contributed by atoms with Gasteiger partial charge in [0.15, 0.2) is 0 Å². The second-order valence-corrected chi connectivity index (χ2v) is 4.08. The van der Waals surface area contributed by atoms with Crippen molar-refractivity contribution in [3.63, 3.8) is 0 Å². The van der Waals surface area contributed by atoms with Gasteiger partial charge in [0, 0.05) is 0 Å². The number of benzene rings is 1. The third kappa shape index (κ3) is 1.79. The lowest BCUT2D eigenvalue weighted by molar-refractivity contribution is 1.25. The molecule has 0 nitrogen and oxygen atoms in total. The van der Waals surface area contributed by atoms with E-state index in [-0.39, 0.29) is 0 Å². The number of fused-ring (bicyclic) bond motifs is 1. The summed E-state index contributed by atoms with van der Waals surface area (Å²) in [6, 6.07) is 4.25. The molecule has 0 spiro atoms. The second-order valence-electron chi connectivity index (χ2n) is 4.08. The average Bonchev–Trinajstić information content (AvgIpc) is 2.48. The van der Waals surface area contributed by atoms with Gasteiger partial charge in [0.1, 0.15) is 0 Å². The standard InChI is InChI=1S/C16H16/c1-4-13-9-10-14-11-12(3)7-6-8-16(14)15(13)5-2/h4-6,8-11H,1-2,7H2,3H3. The van der Waals surface area contributed by atoms with Crippen molar-refractivity contribution in [2.75, 3.05) is 0 Å². The van der Waals surface area contributed by atoms with E-state index in [1.54, 1.807) is 0 Å². The Balaban J connectivity index is 2.73. The van der Waals surface area contributed by atoms with Crippen LogP contribution in [0.1, 0.15) is 35.6 Å². The topological polar surface area (TPSA) is 0 Å².